The molecule has 274 valence electrons. The van der Waals surface area contributed by atoms with Crippen molar-refractivity contribution in [2.75, 3.05) is 11.5 Å². The highest BCUT2D eigenvalue weighted by molar-refractivity contribution is 8.01. The molecule has 0 aliphatic carbocycles. The molecule has 0 spiro atoms. The maximum atomic E-state index is 13.8. The second kappa shape index (κ2) is 15.1. The number of aromatic nitrogens is 2. The van der Waals surface area contributed by atoms with Gasteiger partial charge in [-0.1, -0.05) is 35.2 Å². The number of aliphatic carboxylic acids is 1. The number of rotatable bonds is 11. The van der Waals surface area contributed by atoms with E-state index in [1.165, 1.54) is 71.3 Å². The SMILES string of the molecule is CC(=O)Oc1ccc2c(=O)c(C(=O)NC(C(=O)N[C@@H]3C(=O)N4C(C(=O)O)=C(CSc5nnc(C)s5)CS[C@@H]34)c3ccc(O)cc3)coc2c1OC(C)=O. The van der Waals surface area contributed by atoms with Gasteiger partial charge in [-0.25, -0.2) is 4.79 Å². The van der Waals surface area contributed by atoms with E-state index >= 15 is 0 Å². The highest BCUT2D eigenvalue weighted by Gasteiger charge is 2.54. The zero-order chi connectivity index (χ0) is 38.1. The van der Waals surface area contributed by atoms with E-state index in [9.17, 15) is 43.8 Å². The Morgan fingerprint density at radius 1 is 1.06 bits per heavy atom. The molecule has 20 heteroatoms. The third-order valence-corrected chi connectivity index (χ3v) is 11.2. The van der Waals surface area contributed by atoms with Crippen LogP contribution in [0.3, 0.4) is 0 Å². The molecule has 2 aliphatic heterocycles. The van der Waals surface area contributed by atoms with Crippen molar-refractivity contribution >= 4 is 81.5 Å². The number of phenols is 1. The molecule has 2 aliphatic rings. The first kappa shape index (κ1) is 37.0. The van der Waals surface area contributed by atoms with Crippen LogP contribution in [-0.4, -0.2) is 83.9 Å². The molecule has 1 saturated heterocycles. The van der Waals surface area contributed by atoms with E-state index in [4.69, 9.17) is 13.9 Å². The van der Waals surface area contributed by atoms with Crippen LogP contribution in [0.15, 0.2) is 67.5 Å². The van der Waals surface area contributed by atoms with Crippen molar-refractivity contribution in [1.29, 1.82) is 0 Å². The van der Waals surface area contributed by atoms with Crippen LogP contribution in [0.2, 0.25) is 0 Å². The standard InChI is InChI=1S/C33H27N5O12S3/c1-13-36-37-33(53-13)52-12-17-11-51-31-23(30(45)38(31)24(17)32(46)47)35-29(44)22(16-4-6-18(41)7-5-16)34-28(43)20-10-48-26-19(25(20)42)8-9-21(49-14(2)39)27(26)50-15(3)40/h4-10,22-23,31,41H,11-12H2,1-3H3,(H,34,43)(H,35,44)(H,46,47)/t22?,23-,31+/m1/s1. The van der Waals surface area contributed by atoms with Crippen molar-refractivity contribution in [1.82, 2.24) is 25.7 Å². The summed E-state index contributed by atoms with van der Waals surface area (Å²) in [5.41, 5.74) is -1.25. The minimum Gasteiger partial charge on any atom is -0.508 e. The van der Waals surface area contributed by atoms with Crippen LogP contribution in [0.1, 0.15) is 40.8 Å². The molecule has 53 heavy (non-hydrogen) atoms. The summed E-state index contributed by atoms with van der Waals surface area (Å²) in [6, 6.07) is 4.94. The average Bonchev–Trinajstić information content (AvgIpc) is 3.53. The minimum absolute atomic E-state index is 0.141. The first-order chi connectivity index (χ1) is 25.2. The topological polar surface area (TPSA) is 245 Å². The van der Waals surface area contributed by atoms with Gasteiger partial charge in [-0.15, -0.1) is 22.0 Å². The van der Waals surface area contributed by atoms with E-state index in [0.717, 1.165) is 30.0 Å². The molecule has 4 heterocycles. The Bertz CT molecular complexity index is 2290. The first-order valence-corrected chi connectivity index (χ1v) is 18.3. The maximum absolute atomic E-state index is 13.8. The van der Waals surface area contributed by atoms with Crippen LogP contribution >= 0.6 is 34.9 Å². The monoisotopic (exact) mass is 781 g/mol. The molecule has 3 amide bonds. The Morgan fingerprint density at radius 2 is 1.77 bits per heavy atom. The number of hydrogen-bond acceptors (Lipinski definition) is 16. The normalized spacial score (nSPS) is 17.0. The summed E-state index contributed by atoms with van der Waals surface area (Å²) in [4.78, 5) is 91.2. The molecule has 1 unspecified atom stereocenters. The van der Waals surface area contributed by atoms with E-state index in [1.807, 2.05) is 0 Å². The number of thioether (sulfide) groups is 2. The Morgan fingerprint density at radius 3 is 2.42 bits per heavy atom. The number of β-lactam (4-membered cyclic amide) rings is 1. The Balaban J connectivity index is 1.24. The van der Waals surface area contributed by atoms with E-state index in [2.05, 4.69) is 20.8 Å². The lowest BCUT2D eigenvalue weighted by atomic mass is 10.0. The van der Waals surface area contributed by atoms with Crippen molar-refractivity contribution < 1.29 is 52.9 Å². The number of aryl methyl sites for hydroxylation is 1. The summed E-state index contributed by atoms with van der Waals surface area (Å²) in [5.74, 6) is -5.68. The van der Waals surface area contributed by atoms with Gasteiger partial charge < -0.3 is 34.7 Å². The quantitative estimate of drug-likeness (QED) is 0.0739. The van der Waals surface area contributed by atoms with Gasteiger partial charge in [-0.2, -0.15) is 0 Å². The van der Waals surface area contributed by atoms with E-state index < -0.39 is 64.1 Å². The predicted octanol–water partition coefficient (Wildman–Crippen LogP) is 2.51. The van der Waals surface area contributed by atoms with E-state index in [1.54, 1.807) is 6.92 Å². The van der Waals surface area contributed by atoms with Crippen molar-refractivity contribution in [3.05, 3.63) is 80.3 Å². The molecule has 4 N–H and O–H groups in total. The minimum atomic E-state index is -1.52. The fraction of sp³-hybridized carbons (Fsp3) is 0.242. The summed E-state index contributed by atoms with van der Waals surface area (Å²) < 4.78 is 16.4. The van der Waals surface area contributed by atoms with Gasteiger partial charge in [0.25, 0.3) is 11.8 Å². The van der Waals surface area contributed by atoms with Crippen LogP contribution in [-0.2, 0) is 24.0 Å². The number of esters is 2. The number of carboxylic acids is 1. The second-order valence-electron chi connectivity index (χ2n) is 11.5. The number of phenolic OH excluding ortho intramolecular Hbond substituents is 1. The molecule has 17 nitrogen and oxygen atoms in total. The summed E-state index contributed by atoms with van der Waals surface area (Å²) in [6.07, 6.45) is 0.782. The van der Waals surface area contributed by atoms with Gasteiger partial charge in [0.15, 0.2) is 15.7 Å². The number of amides is 3. The Labute approximate surface area is 310 Å². The van der Waals surface area contributed by atoms with Crippen molar-refractivity contribution in [3.8, 4) is 17.2 Å². The number of ether oxygens (including phenoxy) is 2. The van der Waals surface area contributed by atoms with Gasteiger partial charge in [-0.05, 0) is 42.3 Å². The van der Waals surface area contributed by atoms with Crippen molar-refractivity contribution in [2.45, 2.75) is 42.6 Å². The molecule has 0 bridgehead atoms. The third-order valence-electron chi connectivity index (χ3n) is 7.79. The first-order valence-electron chi connectivity index (χ1n) is 15.4. The summed E-state index contributed by atoms with van der Waals surface area (Å²) >= 11 is 3.92. The van der Waals surface area contributed by atoms with Gasteiger partial charge >= 0.3 is 17.9 Å². The summed E-state index contributed by atoms with van der Waals surface area (Å²) in [7, 11) is 0. The smallest absolute Gasteiger partial charge is 0.352 e. The van der Waals surface area contributed by atoms with Gasteiger partial charge in [0.1, 0.15) is 45.7 Å². The molecular formula is C33H27N5O12S3. The lowest BCUT2D eigenvalue weighted by Crippen LogP contribution is -2.71. The summed E-state index contributed by atoms with van der Waals surface area (Å²) in [6.45, 7) is 3.99. The summed E-state index contributed by atoms with van der Waals surface area (Å²) in [5, 5.41) is 32.7. The lowest BCUT2D eigenvalue weighted by Gasteiger charge is -2.49. The molecule has 2 aromatic heterocycles. The van der Waals surface area contributed by atoms with Crippen LogP contribution in [0.5, 0.6) is 17.2 Å². The van der Waals surface area contributed by atoms with Gasteiger partial charge in [-0.3, -0.25) is 33.7 Å². The predicted molar refractivity (Wildman–Crippen MR) is 188 cm³/mol. The number of benzene rings is 2. The molecule has 1 fully saturated rings. The largest absolute Gasteiger partial charge is 0.508 e. The number of nitrogens with one attached hydrogen (secondary N) is 2. The molecular weight excluding hydrogens is 755 g/mol. The Hall–Kier alpha value is -5.73. The van der Waals surface area contributed by atoms with Gasteiger partial charge in [0.05, 0.1) is 5.39 Å². The number of fused-ring (bicyclic) bond motifs is 2. The number of hydrogen-bond donors (Lipinski definition) is 4. The molecule has 0 radical (unpaired) electrons. The molecule has 2 aromatic carbocycles. The highest BCUT2D eigenvalue weighted by Crippen LogP contribution is 2.42. The van der Waals surface area contributed by atoms with Crippen LogP contribution in [0, 0.1) is 6.92 Å². The van der Waals surface area contributed by atoms with Crippen LogP contribution in [0.25, 0.3) is 11.0 Å². The highest BCUT2D eigenvalue weighted by atomic mass is 32.2. The van der Waals surface area contributed by atoms with E-state index in [-0.39, 0.29) is 51.0 Å². The third kappa shape index (κ3) is 7.59. The van der Waals surface area contributed by atoms with Crippen molar-refractivity contribution in [3.63, 3.8) is 0 Å². The fourth-order valence-corrected chi connectivity index (χ4v) is 8.78. The number of carbonyl (C=O) groups is 6. The molecule has 3 atom stereocenters. The average molecular weight is 782 g/mol. The van der Waals surface area contributed by atoms with E-state index in [0.29, 0.717) is 9.91 Å². The lowest BCUT2D eigenvalue weighted by molar-refractivity contribution is -0.151. The number of carboxylic acid groups (broad SMARTS) is 1. The molecule has 4 aromatic rings. The van der Waals surface area contributed by atoms with Crippen molar-refractivity contribution in [2.24, 2.45) is 0 Å². The maximum Gasteiger partial charge on any atom is 0.352 e. The number of carbonyl (C=O) groups excluding carboxylic acids is 5. The van der Waals surface area contributed by atoms with Crippen LogP contribution < -0.4 is 25.5 Å². The molecule has 6 rings (SSSR count). The van der Waals surface area contributed by atoms with Gasteiger partial charge in [0.2, 0.25) is 17.1 Å². The Kier molecular flexibility index (Phi) is 10.5. The van der Waals surface area contributed by atoms with Crippen LogP contribution in [0.4, 0.5) is 0 Å². The zero-order valence-electron chi connectivity index (χ0n) is 27.7. The molecule has 0 saturated carbocycles. The number of aromatic hydroxyl groups is 1. The second-order valence-corrected chi connectivity index (χ2v) is 15.0. The number of nitrogens with zero attached hydrogens (tertiary/aromatic N) is 3. The zero-order valence-corrected chi connectivity index (χ0v) is 30.2. The van der Waals surface area contributed by atoms with Gasteiger partial charge in [0, 0.05) is 25.4 Å². The fourth-order valence-electron chi connectivity index (χ4n) is 5.48.